The van der Waals surface area contributed by atoms with Gasteiger partial charge in [0, 0.05) is 13.2 Å². The largest absolute Gasteiger partial charge is 0.378 e. The number of methoxy groups -OCH3 is 1. The maximum Gasteiger partial charge on any atom is 0.0694 e. The summed E-state index contributed by atoms with van der Waals surface area (Å²) >= 11 is 0. The van der Waals surface area contributed by atoms with E-state index in [1.165, 1.54) is 32.1 Å². The maximum absolute atomic E-state index is 5.66. The summed E-state index contributed by atoms with van der Waals surface area (Å²) in [6, 6.07) is 0.403. The van der Waals surface area contributed by atoms with Crippen LogP contribution in [0.2, 0.25) is 0 Å². The fourth-order valence-corrected chi connectivity index (χ4v) is 2.68. The Morgan fingerprint density at radius 3 is 2.20 bits per heavy atom. The van der Waals surface area contributed by atoms with Crippen molar-refractivity contribution in [2.75, 3.05) is 7.11 Å². The van der Waals surface area contributed by atoms with E-state index in [0.717, 1.165) is 6.42 Å². The zero-order chi connectivity index (χ0) is 11.3. The Morgan fingerprint density at radius 2 is 1.93 bits per heavy atom. The molecule has 0 bridgehead atoms. The van der Waals surface area contributed by atoms with E-state index in [1.54, 1.807) is 0 Å². The van der Waals surface area contributed by atoms with E-state index >= 15 is 0 Å². The highest BCUT2D eigenvalue weighted by atomic mass is 16.5. The monoisotopic (exact) mass is 214 g/mol. The number of hydrogen-bond acceptors (Lipinski definition) is 3. The maximum atomic E-state index is 5.66. The Bertz CT molecular complexity index is 171. The first kappa shape index (κ1) is 12.9. The van der Waals surface area contributed by atoms with Gasteiger partial charge in [-0.3, -0.25) is 11.3 Å². The quantitative estimate of drug-likeness (QED) is 0.504. The van der Waals surface area contributed by atoms with Crippen molar-refractivity contribution in [2.24, 2.45) is 11.8 Å². The van der Waals surface area contributed by atoms with E-state index in [2.05, 4.69) is 19.3 Å². The van der Waals surface area contributed by atoms with Crippen LogP contribution in [0, 0.1) is 5.92 Å². The molecule has 3 N–H and O–H groups in total. The molecule has 1 fully saturated rings. The lowest BCUT2D eigenvalue weighted by atomic mass is 9.73. The van der Waals surface area contributed by atoms with Gasteiger partial charge in [-0.15, -0.1) is 0 Å². The zero-order valence-electron chi connectivity index (χ0n) is 10.4. The van der Waals surface area contributed by atoms with Crippen LogP contribution in [-0.2, 0) is 4.74 Å². The second-order valence-electron chi connectivity index (χ2n) is 4.79. The van der Waals surface area contributed by atoms with Crippen molar-refractivity contribution in [3.8, 4) is 0 Å². The van der Waals surface area contributed by atoms with Gasteiger partial charge >= 0.3 is 0 Å². The predicted octanol–water partition coefficient (Wildman–Crippen LogP) is 2.21. The van der Waals surface area contributed by atoms with Crippen molar-refractivity contribution in [1.29, 1.82) is 0 Å². The number of ether oxygens (including phenoxy) is 1. The normalized spacial score (nSPS) is 21.4. The summed E-state index contributed by atoms with van der Waals surface area (Å²) < 4.78 is 5.65. The molecule has 0 aromatic carbocycles. The van der Waals surface area contributed by atoms with E-state index in [1.807, 2.05) is 7.11 Å². The van der Waals surface area contributed by atoms with Crippen LogP contribution in [0.3, 0.4) is 0 Å². The van der Waals surface area contributed by atoms with Gasteiger partial charge < -0.3 is 4.74 Å². The second-order valence-corrected chi connectivity index (χ2v) is 4.79. The van der Waals surface area contributed by atoms with Gasteiger partial charge in [0.05, 0.1) is 5.60 Å². The van der Waals surface area contributed by atoms with Gasteiger partial charge in [0.25, 0.3) is 0 Å². The van der Waals surface area contributed by atoms with Gasteiger partial charge in [-0.05, 0) is 31.6 Å². The van der Waals surface area contributed by atoms with E-state index in [9.17, 15) is 0 Å². The Balaban J connectivity index is 2.51. The van der Waals surface area contributed by atoms with E-state index in [-0.39, 0.29) is 5.60 Å². The first-order chi connectivity index (χ1) is 7.21. The Kier molecular flexibility index (Phi) is 5.03. The average Bonchev–Trinajstić information content (AvgIpc) is 2.22. The van der Waals surface area contributed by atoms with Gasteiger partial charge in [-0.2, -0.15) is 0 Å². The van der Waals surface area contributed by atoms with Crippen molar-refractivity contribution in [1.82, 2.24) is 5.43 Å². The molecule has 3 nitrogen and oxygen atoms in total. The summed E-state index contributed by atoms with van der Waals surface area (Å²) in [5.74, 6) is 6.33. The third-order valence-electron chi connectivity index (χ3n) is 4.12. The van der Waals surface area contributed by atoms with Crippen LogP contribution >= 0.6 is 0 Å². The second kappa shape index (κ2) is 5.83. The fraction of sp³-hybridized carbons (Fsp3) is 1.00. The minimum Gasteiger partial charge on any atom is -0.378 e. The number of rotatable bonds is 7. The number of hydrogen-bond donors (Lipinski definition) is 2. The van der Waals surface area contributed by atoms with Crippen molar-refractivity contribution in [3.63, 3.8) is 0 Å². The van der Waals surface area contributed by atoms with Crippen LogP contribution in [0.4, 0.5) is 0 Å². The van der Waals surface area contributed by atoms with Crippen LogP contribution in [0.25, 0.3) is 0 Å². The van der Waals surface area contributed by atoms with Crippen LogP contribution < -0.4 is 11.3 Å². The zero-order valence-corrected chi connectivity index (χ0v) is 10.4. The van der Waals surface area contributed by atoms with Gasteiger partial charge in [0.2, 0.25) is 0 Å². The first-order valence-electron chi connectivity index (χ1n) is 6.22. The van der Waals surface area contributed by atoms with Crippen molar-refractivity contribution < 1.29 is 4.74 Å². The molecule has 0 aromatic heterocycles. The SMILES string of the molecule is CCC(CC)C(CC1(OC)CCC1)NN. The standard InChI is InChI=1S/C12H26N2O/c1-4-10(5-2)11(14-13)9-12(15-3)7-6-8-12/h10-11,14H,4-9,13H2,1-3H3. The third kappa shape index (κ3) is 2.92. The van der Waals surface area contributed by atoms with Gasteiger partial charge in [0.15, 0.2) is 0 Å². The van der Waals surface area contributed by atoms with Crippen LogP contribution in [0.5, 0.6) is 0 Å². The minimum absolute atomic E-state index is 0.125. The summed E-state index contributed by atoms with van der Waals surface area (Å²) in [5, 5.41) is 0. The summed E-state index contributed by atoms with van der Waals surface area (Å²) in [6.45, 7) is 4.47. The molecule has 1 aliphatic carbocycles. The average molecular weight is 214 g/mol. The number of nitrogens with two attached hydrogens (primary N) is 1. The molecule has 15 heavy (non-hydrogen) atoms. The molecule has 0 heterocycles. The Hall–Kier alpha value is -0.120. The lowest BCUT2D eigenvalue weighted by Gasteiger charge is -2.44. The fourth-order valence-electron chi connectivity index (χ4n) is 2.68. The lowest BCUT2D eigenvalue weighted by molar-refractivity contribution is -0.0872. The highest BCUT2D eigenvalue weighted by Gasteiger charge is 2.40. The van der Waals surface area contributed by atoms with E-state index in [0.29, 0.717) is 12.0 Å². The first-order valence-corrected chi connectivity index (χ1v) is 6.22. The minimum atomic E-state index is 0.125. The molecule has 1 aliphatic rings. The summed E-state index contributed by atoms with van der Waals surface area (Å²) in [6.07, 6.45) is 7.13. The van der Waals surface area contributed by atoms with Crippen molar-refractivity contribution in [3.05, 3.63) is 0 Å². The molecule has 0 spiro atoms. The molecule has 1 saturated carbocycles. The summed E-state index contributed by atoms with van der Waals surface area (Å²) in [7, 11) is 1.83. The lowest BCUT2D eigenvalue weighted by Crippen LogP contribution is -2.50. The molecule has 0 amide bonds. The van der Waals surface area contributed by atoms with Crippen molar-refractivity contribution >= 4 is 0 Å². The molecule has 1 atom stereocenters. The van der Waals surface area contributed by atoms with Gasteiger partial charge in [-0.1, -0.05) is 26.7 Å². The molecule has 1 rings (SSSR count). The van der Waals surface area contributed by atoms with Crippen LogP contribution in [-0.4, -0.2) is 18.8 Å². The predicted molar refractivity (Wildman–Crippen MR) is 63.4 cm³/mol. The molecular formula is C12H26N2O. The van der Waals surface area contributed by atoms with Gasteiger partial charge in [-0.25, -0.2) is 0 Å². The van der Waals surface area contributed by atoms with E-state index < -0.39 is 0 Å². The number of nitrogens with one attached hydrogen (secondary N) is 1. The van der Waals surface area contributed by atoms with E-state index in [4.69, 9.17) is 10.6 Å². The topological polar surface area (TPSA) is 47.3 Å². The molecule has 90 valence electrons. The molecule has 1 unspecified atom stereocenters. The van der Waals surface area contributed by atoms with Crippen molar-refractivity contribution in [2.45, 2.75) is 64.0 Å². The Morgan fingerprint density at radius 1 is 1.33 bits per heavy atom. The number of hydrazine groups is 1. The summed E-state index contributed by atoms with van der Waals surface area (Å²) in [5.41, 5.74) is 3.11. The van der Waals surface area contributed by atoms with Crippen LogP contribution in [0.1, 0.15) is 52.4 Å². The Labute approximate surface area is 93.7 Å². The molecular weight excluding hydrogens is 188 g/mol. The molecule has 0 aromatic rings. The smallest absolute Gasteiger partial charge is 0.0694 e. The van der Waals surface area contributed by atoms with Gasteiger partial charge in [0.1, 0.15) is 0 Å². The third-order valence-corrected chi connectivity index (χ3v) is 4.12. The van der Waals surface area contributed by atoms with Crippen LogP contribution in [0.15, 0.2) is 0 Å². The molecule has 0 aliphatic heterocycles. The molecule has 3 heteroatoms. The molecule has 0 saturated heterocycles. The summed E-state index contributed by atoms with van der Waals surface area (Å²) in [4.78, 5) is 0. The highest BCUT2D eigenvalue weighted by Crippen LogP contribution is 2.40. The highest BCUT2D eigenvalue weighted by molar-refractivity contribution is 4.94. The molecule has 0 radical (unpaired) electrons.